The third-order valence-corrected chi connectivity index (χ3v) is 2.72. The molecule has 0 aliphatic rings. The van der Waals surface area contributed by atoms with Crippen LogP contribution in [0.15, 0.2) is 36.4 Å². The van der Waals surface area contributed by atoms with E-state index in [-0.39, 0.29) is 0 Å². The molecule has 100 valence electrons. The number of nitrogen functional groups attached to an aromatic ring is 1. The third kappa shape index (κ3) is 3.94. The summed E-state index contributed by atoms with van der Waals surface area (Å²) >= 11 is 11.8. The van der Waals surface area contributed by atoms with Crippen LogP contribution >= 0.6 is 23.2 Å². The van der Waals surface area contributed by atoms with Gasteiger partial charge in [0.05, 0.1) is 6.61 Å². The lowest BCUT2D eigenvalue weighted by atomic mass is 10.3. The highest BCUT2D eigenvalue weighted by atomic mass is 35.5. The molecule has 0 spiro atoms. The monoisotopic (exact) mass is 297 g/mol. The van der Waals surface area contributed by atoms with Gasteiger partial charge in [0.1, 0.15) is 17.2 Å². The van der Waals surface area contributed by atoms with E-state index in [1.807, 2.05) is 6.92 Å². The minimum absolute atomic E-state index is 0.511. The number of ether oxygens (including phenoxy) is 2. The molecule has 2 N–H and O–H groups in total. The van der Waals surface area contributed by atoms with Gasteiger partial charge in [0.25, 0.3) is 0 Å². The Hall–Kier alpha value is -1.58. The number of hydrogen-bond acceptors (Lipinski definition) is 3. The van der Waals surface area contributed by atoms with Crippen molar-refractivity contribution in [2.24, 2.45) is 0 Å². The highest BCUT2D eigenvalue weighted by molar-refractivity contribution is 6.34. The Morgan fingerprint density at radius 3 is 2.11 bits per heavy atom. The molecule has 0 atom stereocenters. The molecule has 0 unspecified atom stereocenters. The summed E-state index contributed by atoms with van der Waals surface area (Å²) in [6, 6.07) is 10.2. The smallest absolute Gasteiger partial charge is 0.133 e. The molecule has 0 saturated carbocycles. The maximum absolute atomic E-state index is 5.91. The average Bonchev–Trinajstić information content (AvgIpc) is 2.26. The van der Waals surface area contributed by atoms with Crippen LogP contribution in [0.1, 0.15) is 6.92 Å². The normalized spacial score (nSPS) is 10.3. The van der Waals surface area contributed by atoms with Gasteiger partial charge in [0.2, 0.25) is 0 Å². The van der Waals surface area contributed by atoms with Crippen molar-refractivity contribution in [3.8, 4) is 17.2 Å². The minimum Gasteiger partial charge on any atom is -0.494 e. The lowest BCUT2D eigenvalue weighted by molar-refractivity contribution is 0.338. The maximum atomic E-state index is 5.91. The molecule has 5 heteroatoms. The summed E-state index contributed by atoms with van der Waals surface area (Å²) < 4.78 is 11.1. The van der Waals surface area contributed by atoms with E-state index in [2.05, 4.69) is 0 Å². The van der Waals surface area contributed by atoms with Crippen LogP contribution in [0.25, 0.3) is 0 Å². The van der Waals surface area contributed by atoms with E-state index < -0.39 is 0 Å². The summed E-state index contributed by atoms with van der Waals surface area (Å²) in [5.41, 5.74) is 6.35. The SMILES string of the molecule is CCOc1cc(N)cc(Oc2cc(Cl)cc(Cl)c2)c1. The van der Waals surface area contributed by atoms with E-state index in [1.165, 1.54) is 0 Å². The molecule has 0 bridgehead atoms. The fraction of sp³-hybridized carbons (Fsp3) is 0.143. The van der Waals surface area contributed by atoms with Gasteiger partial charge in [0.15, 0.2) is 0 Å². The number of anilines is 1. The summed E-state index contributed by atoms with van der Waals surface area (Å²) in [5, 5.41) is 1.02. The summed E-state index contributed by atoms with van der Waals surface area (Å²) in [6.07, 6.45) is 0. The van der Waals surface area contributed by atoms with Crippen molar-refractivity contribution in [1.29, 1.82) is 0 Å². The molecule has 0 aliphatic carbocycles. The molecule has 0 fully saturated rings. The van der Waals surface area contributed by atoms with Crippen LogP contribution in [0.2, 0.25) is 10.0 Å². The van der Waals surface area contributed by atoms with Crippen LogP contribution in [-0.2, 0) is 0 Å². The van der Waals surface area contributed by atoms with Gasteiger partial charge in [0, 0.05) is 33.9 Å². The first-order chi connectivity index (χ1) is 9.06. The van der Waals surface area contributed by atoms with Crippen LogP contribution < -0.4 is 15.2 Å². The Balaban J connectivity index is 2.27. The molecule has 0 aromatic heterocycles. The highest BCUT2D eigenvalue weighted by Crippen LogP contribution is 2.31. The number of halogens is 2. The van der Waals surface area contributed by atoms with Crippen molar-refractivity contribution >= 4 is 28.9 Å². The molecule has 2 aromatic carbocycles. The molecule has 0 aliphatic heterocycles. The van der Waals surface area contributed by atoms with Crippen LogP contribution in [0, 0.1) is 0 Å². The summed E-state index contributed by atoms with van der Waals surface area (Å²) in [6.45, 7) is 2.46. The summed E-state index contributed by atoms with van der Waals surface area (Å²) in [4.78, 5) is 0. The second kappa shape index (κ2) is 6.04. The van der Waals surface area contributed by atoms with Gasteiger partial charge in [-0.15, -0.1) is 0 Å². The molecule has 19 heavy (non-hydrogen) atoms. The van der Waals surface area contributed by atoms with Gasteiger partial charge in [-0.25, -0.2) is 0 Å². The summed E-state index contributed by atoms with van der Waals surface area (Å²) in [7, 11) is 0. The lowest BCUT2D eigenvalue weighted by Crippen LogP contribution is -1.94. The van der Waals surface area contributed by atoms with Crippen LogP contribution in [0.3, 0.4) is 0 Å². The first-order valence-electron chi connectivity index (χ1n) is 5.74. The van der Waals surface area contributed by atoms with Gasteiger partial charge in [-0.3, -0.25) is 0 Å². The highest BCUT2D eigenvalue weighted by Gasteiger charge is 2.04. The van der Waals surface area contributed by atoms with Crippen molar-refractivity contribution in [1.82, 2.24) is 0 Å². The molecular weight excluding hydrogens is 285 g/mol. The van der Waals surface area contributed by atoms with Gasteiger partial charge < -0.3 is 15.2 Å². The molecule has 3 nitrogen and oxygen atoms in total. The van der Waals surface area contributed by atoms with E-state index in [0.717, 1.165) is 0 Å². The molecule has 0 amide bonds. The van der Waals surface area contributed by atoms with E-state index in [9.17, 15) is 0 Å². The molecule has 0 heterocycles. The predicted octanol–water partition coefficient (Wildman–Crippen LogP) is 4.77. The first-order valence-corrected chi connectivity index (χ1v) is 6.49. The molecule has 2 rings (SSSR count). The number of hydrogen-bond donors (Lipinski definition) is 1. The molecule has 2 aromatic rings. The Morgan fingerprint density at radius 2 is 1.47 bits per heavy atom. The molecular formula is C14H13Cl2NO2. The van der Waals surface area contributed by atoms with Crippen molar-refractivity contribution in [2.75, 3.05) is 12.3 Å². The van der Waals surface area contributed by atoms with Crippen molar-refractivity contribution in [2.45, 2.75) is 6.92 Å². The van der Waals surface area contributed by atoms with Crippen molar-refractivity contribution in [3.63, 3.8) is 0 Å². The Kier molecular flexibility index (Phi) is 4.40. The lowest BCUT2D eigenvalue weighted by Gasteiger charge is -2.10. The Labute approximate surface area is 121 Å². The van der Waals surface area contributed by atoms with Gasteiger partial charge in [-0.2, -0.15) is 0 Å². The standard InChI is InChI=1S/C14H13Cl2NO2/c1-2-18-12-6-11(17)7-14(8-12)19-13-4-9(15)3-10(16)5-13/h3-8H,2,17H2,1H3. The van der Waals surface area contributed by atoms with Crippen molar-refractivity contribution < 1.29 is 9.47 Å². The fourth-order valence-corrected chi connectivity index (χ4v) is 2.13. The van der Waals surface area contributed by atoms with E-state index in [1.54, 1.807) is 36.4 Å². The average molecular weight is 298 g/mol. The minimum atomic E-state index is 0.511. The predicted molar refractivity (Wildman–Crippen MR) is 78.6 cm³/mol. The maximum Gasteiger partial charge on any atom is 0.133 e. The second-order valence-electron chi connectivity index (χ2n) is 3.88. The molecule has 0 radical (unpaired) electrons. The number of rotatable bonds is 4. The van der Waals surface area contributed by atoms with Crippen LogP contribution in [-0.4, -0.2) is 6.61 Å². The zero-order valence-electron chi connectivity index (χ0n) is 10.3. The fourth-order valence-electron chi connectivity index (χ4n) is 1.63. The molecule has 0 saturated heterocycles. The van der Waals surface area contributed by atoms with E-state index >= 15 is 0 Å². The number of nitrogens with two attached hydrogens (primary N) is 1. The van der Waals surface area contributed by atoms with Gasteiger partial charge in [-0.1, -0.05) is 23.2 Å². The topological polar surface area (TPSA) is 44.5 Å². The number of benzene rings is 2. The third-order valence-electron chi connectivity index (χ3n) is 2.29. The van der Waals surface area contributed by atoms with E-state index in [4.69, 9.17) is 38.4 Å². The van der Waals surface area contributed by atoms with Crippen molar-refractivity contribution in [3.05, 3.63) is 46.4 Å². The van der Waals surface area contributed by atoms with E-state index in [0.29, 0.717) is 39.6 Å². The first kappa shape index (κ1) is 13.8. The van der Waals surface area contributed by atoms with Crippen LogP contribution in [0.5, 0.6) is 17.2 Å². The van der Waals surface area contributed by atoms with Crippen LogP contribution in [0.4, 0.5) is 5.69 Å². The second-order valence-corrected chi connectivity index (χ2v) is 4.75. The van der Waals surface area contributed by atoms with Gasteiger partial charge in [-0.05, 0) is 25.1 Å². The summed E-state index contributed by atoms with van der Waals surface area (Å²) in [5.74, 6) is 1.78. The van der Waals surface area contributed by atoms with Gasteiger partial charge >= 0.3 is 0 Å². The Morgan fingerprint density at radius 1 is 0.895 bits per heavy atom. The largest absolute Gasteiger partial charge is 0.494 e. The zero-order chi connectivity index (χ0) is 13.8. The quantitative estimate of drug-likeness (QED) is 0.827. The zero-order valence-corrected chi connectivity index (χ0v) is 11.8. The Bertz CT molecular complexity index is 567.